The Hall–Kier alpha value is -1.20. The minimum absolute atomic E-state index is 0.0715. The number of hydrogen-bond donors (Lipinski definition) is 0. The quantitative estimate of drug-likeness (QED) is 0.582. The van der Waals surface area contributed by atoms with Crippen LogP contribution < -0.4 is 0 Å². The number of hydrogen-bond acceptors (Lipinski definition) is 4. The molecule has 0 amide bonds. The molecule has 0 fully saturated rings. The Morgan fingerprint density at radius 1 is 1.83 bits per heavy atom. The third-order valence-corrected chi connectivity index (χ3v) is 1.19. The second kappa shape index (κ2) is 3.99. The molecule has 68 valence electrons. The van der Waals surface area contributed by atoms with Crippen molar-refractivity contribution < 1.29 is 23.0 Å². The summed E-state index contributed by atoms with van der Waals surface area (Å²) in [6, 6.07) is -0.774. The van der Waals surface area contributed by atoms with Crippen LogP contribution in [0, 0.1) is 0 Å². The molecule has 1 unspecified atom stereocenters. The molecule has 0 aliphatic carbocycles. The van der Waals surface area contributed by atoms with E-state index in [1.807, 2.05) is 0 Å². The maximum absolute atomic E-state index is 11.5. The third-order valence-electron chi connectivity index (χ3n) is 1.19. The van der Waals surface area contributed by atoms with Gasteiger partial charge in [-0.3, -0.25) is 0 Å². The number of carbonyl (C=O) groups is 1. The third kappa shape index (κ3) is 2.44. The van der Waals surface area contributed by atoms with E-state index in [0.717, 1.165) is 6.40 Å². The van der Waals surface area contributed by atoms with E-state index in [1.54, 1.807) is 0 Å². The first-order valence-corrected chi connectivity index (χ1v) is 3.28. The summed E-state index contributed by atoms with van der Waals surface area (Å²) >= 11 is 0. The fourth-order valence-corrected chi connectivity index (χ4v) is 0.664. The van der Waals surface area contributed by atoms with Gasteiger partial charge in [-0.15, -0.1) is 0 Å². The lowest BCUT2D eigenvalue weighted by molar-refractivity contribution is -0.149. The highest BCUT2D eigenvalue weighted by Gasteiger charge is 2.23. The molecule has 0 radical (unpaired) electrons. The first kappa shape index (κ1) is 8.89. The molecule has 0 saturated heterocycles. The highest BCUT2D eigenvalue weighted by atomic mass is 19.3. The van der Waals surface area contributed by atoms with Crippen LogP contribution in [0.1, 0.15) is 0 Å². The molecule has 1 atom stereocenters. The van der Waals surface area contributed by atoms with Gasteiger partial charge in [0.15, 0.2) is 19.0 Å². The maximum Gasteiger partial charge on any atom is 0.334 e. The number of rotatable bonds is 3. The molecular formula is C6H7F2NO3. The minimum atomic E-state index is -2.64. The van der Waals surface area contributed by atoms with Gasteiger partial charge in [0.2, 0.25) is 0 Å². The summed E-state index contributed by atoms with van der Waals surface area (Å²) in [5.41, 5.74) is 0. The first-order valence-electron chi connectivity index (χ1n) is 3.28. The fourth-order valence-electron chi connectivity index (χ4n) is 0.664. The zero-order valence-corrected chi connectivity index (χ0v) is 6.07. The van der Waals surface area contributed by atoms with Crippen molar-refractivity contribution in [1.29, 1.82) is 0 Å². The van der Waals surface area contributed by atoms with Crippen LogP contribution in [0.2, 0.25) is 0 Å². The highest BCUT2D eigenvalue weighted by molar-refractivity contribution is 5.78. The number of halogens is 2. The van der Waals surface area contributed by atoms with Gasteiger partial charge in [0.25, 0.3) is 6.43 Å². The fraction of sp³-hybridized carbons (Fsp3) is 0.667. The normalized spacial score (nSPS) is 21.1. The number of aliphatic imine (C=N–C) groups is 1. The summed E-state index contributed by atoms with van der Waals surface area (Å²) in [5, 5.41) is 0. The van der Waals surface area contributed by atoms with E-state index in [9.17, 15) is 13.6 Å². The van der Waals surface area contributed by atoms with Gasteiger partial charge in [-0.25, -0.2) is 18.6 Å². The van der Waals surface area contributed by atoms with E-state index in [4.69, 9.17) is 0 Å². The van der Waals surface area contributed by atoms with Crippen LogP contribution in [0.3, 0.4) is 0 Å². The van der Waals surface area contributed by atoms with Gasteiger partial charge in [0.1, 0.15) is 6.61 Å². The van der Waals surface area contributed by atoms with Crippen LogP contribution in [-0.2, 0) is 14.3 Å². The van der Waals surface area contributed by atoms with Crippen LogP contribution in [0.4, 0.5) is 8.78 Å². The Labute approximate surface area is 67.2 Å². The summed E-state index contributed by atoms with van der Waals surface area (Å²) in [6.45, 7) is -0.813. The lowest BCUT2D eigenvalue weighted by Crippen LogP contribution is -2.24. The van der Waals surface area contributed by atoms with Gasteiger partial charge in [-0.05, 0) is 0 Å². The Balaban J connectivity index is 2.23. The van der Waals surface area contributed by atoms with Crippen LogP contribution >= 0.6 is 0 Å². The molecule has 12 heavy (non-hydrogen) atoms. The zero-order chi connectivity index (χ0) is 8.97. The smallest absolute Gasteiger partial charge is 0.334 e. The van der Waals surface area contributed by atoms with Crippen molar-refractivity contribution in [3.05, 3.63) is 0 Å². The molecule has 0 bridgehead atoms. The predicted molar refractivity (Wildman–Crippen MR) is 35.2 cm³/mol. The van der Waals surface area contributed by atoms with Crippen molar-refractivity contribution in [3.63, 3.8) is 0 Å². The maximum atomic E-state index is 11.5. The number of esters is 1. The van der Waals surface area contributed by atoms with Gasteiger partial charge < -0.3 is 9.47 Å². The molecule has 4 nitrogen and oxygen atoms in total. The molecule has 0 aromatic heterocycles. The van der Waals surface area contributed by atoms with Gasteiger partial charge in [0.05, 0.1) is 0 Å². The summed E-state index contributed by atoms with van der Waals surface area (Å²) in [6.07, 6.45) is -1.53. The van der Waals surface area contributed by atoms with Gasteiger partial charge >= 0.3 is 5.97 Å². The Bertz CT molecular complexity index is 195. The lowest BCUT2D eigenvalue weighted by atomic mass is 10.3. The summed E-state index contributed by atoms with van der Waals surface area (Å²) in [5.74, 6) is -0.774. The average Bonchev–Trinajstić information content (AvgIpc) is 2.51. The van der Waals surface area contributed by atoms with Crippen molar-refractivity contribution in [2.75, 3.05) is 13.2 Å². The van der Waals surface area contributed by atoms with E-state index in [1.165, 1.54) is 0 Å². The number of alkyl halides is 2. The average molecular weight is 179 g/mol. The Morgan fingerprint density at radius 3 is 3.08 bits per heavy atom. The van der Waals surface area contributed by atoms with Crippen molar-refractivity contribution in [1.82, 2.24) is 0 Å². The molecule has 1 heterocycles. The molecule has 0 aromatic carbocycles. The van der Waals surface area contributed by atoms with Crippen molar-refractivity contribution in [2.45, 2.75) is 12.5 Å². The molecule has 0 aromatic rings. The van der Waals surface area contributed by atoms with Crippen LogP contribution in [0.5, 0.6) is 0 Å². The molecule has 0 N–H and O–H groups in total. The SMILES string of the molecule is O=C(OCC(F)F)C1COC=N1. The van der Waals surface area contributed by atoms with Crippen LogP contribution in [0.15, 0.2) is 4.99 Å². The number of carbonyl (C=O) groups excluding carboxylic acids is 1. The summed E-state index contributed by atoms with van der Waals surface area (Å²) < 4.78 is 31.9. The molecule has 0 spiro atoms. The largest absolute Gasteiger partial charge is 0.481 e. The van der Waals surface area contributed by atoms with E-state index in [-0.39, 0.29) is 6.61 Å². The van der Waals surface area contributed by atoms with Gasteiger partial charge in [-0.2, -0.15) is 0 Å². The van der Waals surface area contributed by atoms with Gasteiger partial charge in [0, 0.05) is 0 Å². The van der Waals surface area contributed by atoms with Crippen LogP contribution in [0.25, 0.3) is 0 Å². The summed E-state index contributed by atoms with van der Waals surface area (Å²) in [4.78, 5) is 14.3. The van der Waals surface area contributed by atoms with Crippen molar-refractivity contribution in [2.24, 2.45) is 4.99 Å². The molecule has 1 aliphatic rings. The standard InChI is InChI=1S/C6H7F2NO3/c7-5(8)2-12-6(10)4-1-11-3-9-4/h3-5H,1-2H2. The Morgan fingerprint density at radius 2 is 2.58 bits per heavy atom. The second-order valence-electron chi connectivity index (χ2n) is 2.12. The molecule has 1 rings (SSSR count). The van der Waals surface area contributed by atoms with E-state index >= 15 is 0 Å². The number of nitrogens with zero attached hydrogens (tertiary/aromatic N) is 1. The molecule has 6 heteroatoms. The van der Waals surface area contributed by atoms with Crippen molar-refractivity contribution >= 4 is 12.4 Å². The predicted octanol–water partition coefficient (Wildman–Crippen LogP) is 0.222. The van der Waals surface area contributed by atoms with E-state index in [0.29, 0.717) is 0 Å². The van der Waals surface area contributed by atoms with Gasteiger partial charge in [-0.1, -0.05) is 0 Å². The lowest BCUT2D eigenvalue weighted by Gasteiger charge is -2.05. The molecular weight excluding hydrogens is 172 g/mol. The van der Waals surface area contributed by atoms with Crippen molar-refractivity contribution in [3.8, 4) is 0 Å². The second-order valence-corrected chi connectivity index (χ2v) is 2.12. The summed E-state index contributed by atoms with van der Waals surface area (Å²) in [7, 11) is 0. The molecule has 0 saturated carbocycles. The minimum Gasteiger partial charge on any atom is -0.481 e. The monoisotopic (exact) mass is 179 g/mol. The highest BCUT2D eigenvalue weighted by Crippen LogP contribution is 2.02. The van der Waals surface area contributed by atoms with Crippen LogP contribution in [-0.4, -0.2) is 38.1 Å². The van der Waals surface area contributed by atoms with E-state index < -0.39 is 25.0 Å². The topological polar surface area (TPSA) is 47.9 Å². The zero-order valence-electron chi connectivity index (χ0n) is 6.07. The first-order chi connectivity index (χ1) is 5.70. The molecule has 1 aliphatic heterocycles. The Kier molecular flexibility index (Phi) is 2.95. The van der Waals surface area contributed by atoms with E-state index in [2.05, 4.69) is 14.5 Å². The number of ether oxygens (including phenoxy) is 2.